The number of likely N-dealkylation sites (tertiary alicyclic amines) is 1. The van der Waals surface area contributed by atoms with Crippen LogP contribution in [0.25, 0.3) is 0 Å². The summed E-state index contributed by atoms with van der Waals surface area (Å²) in [6.45, 7) is 9.31. The number of rotatable bonds is 4. The van der Waals surface area contributed by atoms with Gasteiger partial charge in [0.1, 0.15) is 5.60 Å². The molecule has 1 amide bonds. The summed E-state index contributed by atoms with van der Waals surface area (Å²) in [5.74, 6) is 0.798. The van der Waals surface area contributed by atoms with E-state index >= 15 is 0 Å². The van der Waals surface area contributed by atoms with Crippen LogP contribution in [-0.4, -0.2) is 55.4 Å². The molecule has 2 rings (SSSR count). The van der Waals surface area contributed by atoms with Gasteiger partial charge in [-0.15, -0.1) is 0 Å². The molecular weight excluding hydrogens is 290 g/mol. The zero-order valence-corrected chi connectivity index (χ0v) is 15.4. The maximum Gasteiger partial charge on any atom is 0.407 e. The van der Waals surface area contributed by atoms with Crippen molar-refractivity contribution in [1.29, 1.82) is 0 Å². The van der Waals surface area contributed by atoms with E-state index in [0.29, 0.717) is 6.04 Å². The Kier molecular flexibility index (Phi) is 6.72. The Morgan fingerprint density at radius 1 is 1.13 bits per heavy atom. The van der Waals surface area contributed by atoms with E-state index < -0.39 is 5.60 Å². The van der Waals surface area contributed by atoms with Crippen LogP contribution in [0.5, 0.6) is 0 Å². The van der Waals surface area contributed by atoms with Gasteiger partial charge < -0.3 is 20.3 Å². The molecule has 0 radical (unpaired) electrons. The third-order valence-corrected chi connectivity index (χ3v) is 4.87. The van der Waals surface area contributed by atoms with Crippen molar-refractivity contribution in [1.82, 2.24) is 15.5 Å². The molecule has 5 heteroatoms. The van der Waals surface area contributed by atoms with Crippen molar-refractivity contribution in [3.63, 3.8) is 0 Å². The van der Waals surface area contributed by atoms with Gasteiger partial charge in [-0.25, -0.2) is 4.79 Å². The second-order valence-electron chi connectivity index (χ2n) is 8.37. The van der Waals surface area contributed by atoms with Crippen molar-refractivity contribution in [3.05, 3.63) is 0 Å². The van der Waals surface area contributed by atoms with Crippen LogP contribution in [0.15, 0.2) is 0 Å². The molecule has 5 nitrogen and oxygen atoms in total. The van der Waals surface area contributed by atoms with Crippen molar-refractivity contribution < 1.29 is 9.53 Å². The molecule has 1 unspecified atom stereocenters. The lowest BCUT2D eigenvalue weighted by Crippen LogP contribution is -2.45. The van der Waals surface area contributed by atoms with Crippen molar-refractivity contribution in [2.75, 3.05) is 26.7 Å². The topological polar surface area (TPSA) is 53.6 Å². The Bertz CT molecular complexity index is 373. The van der Waals surface area contributed by atoms with Crippen LogP contribution in [0.3, 0.4) is 0 Å². The molecule has 2 aliphatic rings. The lowest BCUT2D eigenvalue weighted by Gasteiger charge is -2.34. The maximum atomic E-state index is 11.8. The van der Waals surface area contributed by atoms with Crippen molar-refractivity contribution in [2.45, 2.75) is 77.0 Å². The minimum Gasteiger partial charge on any atom is -0.444 e. The number of hydrogen-bond acceptors (Lipinski definition) is 4. The highest BCUT2D eigenvalue weighted by Crippen LogP contribution is 2.21. The van der Waals surface area contributed by atoms with Crippen LogP contribution in [0.2, 0.25) is 0 Å². The SMILES string of the molecule is CN1CCCC(CNC2CCC(NC(=O)OC(C)(C)C)CC2)C1. The van der Waals surface area contributed by atoms with E-state index in [0.717, 1.165) is 38.1 Å². The molecule has 1 saturated carbocycles. The third kappa shape index (κ3) is 7.08. The smallest absolute Gasteiger partial charge is 0.407 e. The van der Waals surface area contributed by atoms with E-state index in [1.54, 1.807) is 0 Å². The molecule has 1 aliphatic carbocycles. The number of carbonyl (C=O) groups is 1. The molecule has 2 N–H and O–H groups in total. The summed E-state index contributed by atoms with van der Waals surface area (Å²) >= 11 is 0. The van der Waals surface area contributed by atoms with Gasteiger partial charge in [-0.05, 0) is 85.4 Å². The molecule has 2 fully saturated rings. The first-order valence-electron chi connectivity index (χ1n) is 9.23. The van der Waals surface area contributed by atoms with E-state index in [1.807, 2.05) is 20.8 Å². The molecule has 0 aromatic carbocycles. The highest BCUT2D eigenvalue weighted by atomic mass is 16.6. The molecule has 134 valence electrons. The fraction of sp³-hybridized carbons (Fsp3) is 0.944. The van der Waals surface area contributed by atoms with Crippen molar-refractivity contribution in [3.8, 4) is 0 Å². The second-order valence-corrected chi connectivity index (χ2v) is 8.37. The average Bonchev–Trinajstić information content (AvgIpc) is 2.44. The molecule has 1 aliphatic heterocycles. The highest BCUT2D eigenvalue weighted by Gasteiger charge is 2.25. The number of ether oxygens (including phenoxy) is 1. The summed E-state index contributed by atoms with van der Waals surface area (Å²) in [4.78, 5) is 14.3. The minimum atomic E-state index is -0.421. The summed E-state index contributed by atoms with van der Waals surface area (Å²) in [5, 5.41) is 6.76. The third-order valence-electron chi connectivity index (χ3n) is 4.87. The van der Waals surface area contributed by atoms with Gasteiger partial charge >= 0.3 is 6.09 Å². The Morgan fingerprint density at radius 3 is 2.39 bits per heavy atom. The molecule has 0 aromatic heterocycles. The van der Waals surface area contributed by atoms with Crippen LogP contribution in [-0.2, 0) is 4.74 Å². The summed E-state index contributed by atoms with van der Waals surface area (Å²) < 4.78 is 5.33. The second kappa shape index (κ2) is 8.34. The van der Waals surface area contributed by atoms with E-state index in [4.69, 9.17) is 4.74 Å². The minimum absolute atomic E-state index is 0.267. The number of nitrogens with zero attached hydrogens (tertiary/aromatic N) is 1. The monoisotopic (exact) mass is 325 g/mol. The first-order chi connectivity index (χ1) is 10.8. The molecule has 0 aromatic rings. The van der Waals surface area contributed by atoms with Gasteiger partial charge in [0.2, 0.25) is 0 Å². The fourth-order valence-corrected chi connectivity index (χ4v) is 3.69. The first-order valence-corrected chi connectivity index (χ1v) is 9.23. The quantitative estimate of drug-likeness (QED) is 0.834. The van der Waals surface area contributed by atoms with Crippen LogP contribution in [0, 0.1) is 5.92 Å². The summed E-state index contributed by atoms with van der Waals surface area (Å²) in [7, 11) is 2.22. The van der Waals surface area contributed by atoms with Gasteiger partial charge in [0, 0.05) is 18.6 Å². The van der Waals surface area contributed by atoms with Crippen LogP contribution in [0.4, 0.5) is 4.79 Å². The van der Waals surface area contributed by atoms with Gasteiger partial charge in [-0.3, -0.25) is 0 Å². The Hall–Kier alpha value is -0.810. The van der Waals surface area contributed by atoms with E-state index in [2.05, 4.69) is 22.6 Å². The van der Waals surface area contributed by atoms with Gasteiger partial charge in [0.25, 0.3) is 0 Å². The Balaban J connectivity index is 1.61. The van der Waals surface area contributed by atoms with Crippen LogP contribution >= 0.6 is 0 Å². The molecule has 1 saturated heterocycles. The standard InChI is InChI=1S/C18H35N3O2/c1-18(2,3)23-17(22)20-16-9-7-15(8-10-16)19-12-14-6-5-11-21(4)13-14/h14-16,19H,5-13H2,1-4H3,(H,20,22). The number of alkyl carbamates (subject to hydrolysis) is 1. The zero-order chi connectivity index (χ0) is 16.9. The molecule has 1 heterocycles. The predicted octanol–water partition coefficient (Wildman–Crippen LogP) is 2.75. The number of nitrogens with one attached hydrogen (secondary N) is 2. The molecule has 0 bridgehead atoms. The summed E-state index contributed by atoms with van der Waals surface area (Å²) in [6.07, 6.45) is 6.77. The number of carbonyl (C=O) groups excluding carboxylic acids is 1. The predicted molar refractivity (Wildman–Crippen MR) is 93.6 cm³/mol. The van der Waals surface area contributed by atoms with Gasteiger partial charge in [-0.1, -0.05) is 0 Å². The first kappa shape index (κ1) is 18.5. The average molecular weight is 325 g/mol. The molecule has 23 heavy (non-hydrogen) atoms. The fourth-order valence-electron chi connectivity index (χ4n) is 3.69. The van der Waals surface area contributed by atoms with Crippen molar-refractivity contribution >= 4 is 6.09 Å². The van der Waals surface area contributed by atoms with Gasteiger partial charge in [0.05, 0.1) is 0 Å². The molecular formula is C18H35N3O2. The van der Waals surface area contributed by atoms with Crippen LogP contribution < -0.4 is 10.6 Å². The highest BCUT2D eigenvalue weighted by molar-refractivity contribution is 5.68. The van der Waals surface area contributed by atoms with Crippen molar-refractivity contribution in [2.24, 2.45) is 5.92 Å². The zero-order valence-electron chi connectivity index (χ0n) is 15.4. The largest absolute Gasteiger partial charge is 0.444 e. The lowest BCUT2D eigenvalue weighted by molar-refractivity contribution is 0.0489. The Labute approximate surface area is 141 Å². The van der Waals surface area contributed by atoms with E-state index in [-0.39, 0.29) is 12.1 Å². The van der Waals surface area contributed by atoms with E-state index in [9.17, 15) is 4.79 Å². The maximum absolute atomic E-state index is 11.8. The van der Waals surface area contributed by atoms with E-state index in [1.165, 1.54) is 25.9 Å². The van der Waals surface area contributed by atoms with Gasteiger partial charge in [0.15, 0.2) is 0 Å². The summed E-state index contributed by atoms with van der Waals surface area (Å²) in [5.41, 5.74) is -0.421. The Morgan fingerprint density at radius 2 is 1.78 bits per heavy atom. The molecule has 0 spiro atoms. The summed E-state index contributed by atoms with van der Waals surface area (Å²) in [6, 6.07) is 0.877. The molecule has 1 atom stereocenters. The normalized spacial score (nSPS) is 30.0. The lowest BCUT2D eigenvalue weighted by atomic mass is 9.90. The number of hydrogen-bond donors (Lipinski definition) is 2. The van der Waals surface area contributed by atoms with Crippen LogP contribution in [0.1, 0.15) is 59.3 Å². The number of piperidine rings is 1. The number of amides is 1. The van der Waals surface area contributed by atoms with Gasteiger partial charge in [-0.2, -0.15) is 0 Å².